The largest absolute Gasteiger partial charge is 0.492 e. The lowest BCUT2D eigenvalue weighted by atomic mass is 10.2. The zero-order valence-electron chi connectivity index (χ0n) is 24.2. The molecule has 1 aliphatic heterocycles. The van der Waals surface area contributed by atoms with Crippen molar-refractivity contribution < 1.29 is 56.5 Å². The van der Waals surface area contributed by atoms with Crippen molar-refractivity contribution >= 4 is 41.4 Å². The number of hydrogen-bond donors (Lipinski definition) is 3. The Morgan fingerprint density at radius 1 is 0.979 bits per heavy atom. The molecular weight excluding hydrogens is 643 g/mol. The predicted octanol–water partition coefficient (Wildman–Crippen LogP) is 2.90. The molecule has 0 bridgehead atoms. The van der Waals surface area contributed by atoms with E-state index < -0.39 is 71.3 Å². The number of nitro groups is 2. The van der Waals surface area contributed by atoms with Gasteiger partial charge in [-0.25, -0.2) is 19.3 Å². The summed E-state index contributed by atoms with van der Waals surface area (Å²) < 4.78 is 47.7. The number of amides is 3. The Bertz CT molecular complexity index is 1520. The highest BCUT2D eigenvalue weighted by Gasteiger charge is 2.44. The molecule has 0 aromatic heterocycles. The lowest BCUT2D eigenvalue weighted by Gasteiger charge is -2.28. The van der Waals surface area contributed by atoms with E-state index in [1.54, 1.807) is 0 Å². The minimum atomic E-state index is -5.23. The zero-order chi connectivity index (χ0) is 34.9. The van der Waals surface area contributed by atoms with Gasteiger partial charge in [0, 0.05) is 36.9 Å². The molecule has 2 atom stereocenters. The van der Waals surface area contributed by atoms with E-state index in [1.807, 2.05) is 5.32 Å². The van der Waals surface area contributed by atoms with Crippen LogP contribution >= 0.6 is 0 Å². The van der Waals surface area contributed by atoms with Crippen LogP contribution in [0.5, 0.6) is 0 Å². The van der Waals surface area contributed by atoms with E-state index in [2.05, 4.69) is 10.2 Å². The number of nitro benzene ring substituents is 2. The molecule has 0 radical (unpaired) electrons. The summed E-state index contributed by atoms with van der Waals surface area (Å²) in [6.45, 7) is -0.191. The number of ether oxygens (including phenoxy) is 2. The first-order chi connectivity index (χ1) is 22.0. The van der Waals surface area contributed by atoms with Gasteiger partial charge in [-0.15, -0.1) is 5.06 Å². The van der Waals surface area contributed by atoms with Crippen LogP contribution in [0.3, 0.4) is 0 Å². The minimum Gasteiger partial charge on any atom is -0.444 e. The van der Waals surface area contributed by atoms with Crippen LogP contribution < -0.4 is 10.6 Å². The van der Waals surface area contributed by atoms with Gasteiger partial charge in [-0.2, -0.15) is 13.2 Å². The van der Waals surface area contributed by atoms with E-state index in [0.717, 1.165) is 19.1 Å². The number of nitrogens with zero attached hydrogens (tertiary/aromatic N) is 4. The van der Waals surface area contributed by atoms with Crippen LogP contribution in [0, 0.1) is 25.6 Å². The Labute approximate surface area is 262 Å². The number of hydroxylamine groups is 2. The highest BCUT2D eigenvalue weighted by molar-refractivity contribution is 6.03. The van der Waals surface area contributed by atoms with Crippen LogP contribution in [0.1, 0.15) is 24.5 Å². The van der Waals surface area contributed by atoms with E-state index in [-0.39, 0.29) is 30.9 Å². The van der Waals surface area contributed by atoms with E-state index >= 15 is 0 Å². The van der Waals surface area contributed by atoms with Crippen molar-refractivity contribution in [1.82, 2.24) is 20.6 Å². The first-order valence-corrected chi connectivity index (χ1v) is 13.3. The fourth-order valence-electron chi connectivity index (χ4n) is 3.96. The summed E-state index contributed by atoms with van der Waals surface area (Å²) in [5.41, 5.74) is 0.199. The number of alkyl halides is 3. The molecular formula is C26H26F3N7O11. The third-order valence-electron chi connectivity index (χ3n) is 6.39. The standard InChI is InChI=1S/C26H26F3N7O11/c1-15(21(37)31-18-10-11-33(12-18)47-22(38)26(27,28)29)34(25(40)46-14-17-4-8-20(9-5-17)36(43)44)23(30)32-24(39)45-13-16-2-6-19(7-3-16)35(41)42/h2-9,15,18H,10-14H2,1H3,(H,31,37)(H2,30,32,39)/t15-,18+/m1/s1. The number of alkyl carbamates (subject to hydrolysis) is 1. The predicted molar refractivity (Wildman–Crippen MR) is 149 cm³/mol. The van der Waals surface area contributed by atoms with Gasteiger partial charge in [-0.05, 0) is 48.7 Å². The Hall–Kier alpha value is -5.86. The SMILES string of the molecule is C[C@H](C(=O)N[C@H]1CCN(OC(=O)C(F)(F)F)C1)N(C(=N)NC(=O)OCc1ccc([N+](=O)[O-])cc1)C(=O)OCc1ccc([N+](=O)[O-])cc1. The van der Waals surface area contributed by atoms with Crippen LogP contribution in [-0.4, -0.2) is 81.2 Å². The number of non-ortho nitro benzene ring substituents is 2. The quantitative estimate of drug-likeness (QED) is 0.143. The molecule has 2 aromatic rings. The highest BCUT2D eigenvalue weighted by Crippen LogP contribution is 2.20. The second-order valence-electron chi connectivity index (χ2n) is 9.76. The topological polar surface area (TPSA) is 237 Å². The summed E-state index contributed by atoms with van der Waals surface area (Å²) >= 11 is 0. The van der Waals surface area contributed by atoms with Gasteiger partial charge in [0.25, 0.3) is 11.4 Å². The number of guanidine groups is 1. The van der Waals surface area contributed by atoms with Gasteiger partial charge < -0.3 is 19.6 Å². The second-order valence-corrected chi connectivity index (χ2v) is 9.76. The summed E-state index contributed by atoms with van der Waals surface area (Å²) in [6.07, 6.45) is -7.76. The number of carbonyl (C=O) groups is 4. The summed E-state index contributed by atoms with van der Waals surface area (Å²) in [5.74, 6) is -4.36. The molecule has 252 valence electrons. The maximum atomic E-state index is 13.1. The van der Waals surface area contributed by atoms with Gasteiger partial charge in [0.2, 0.25) is 11.9 Å². The maximum absolute atomic E-state index is 13.1. The van der Waals surface area contributed by atoms with E-state index in [9.17, 15) is 52.6 Å². The fourth-order valence-corrected chi connectivity index (χ4v) is 3.96. The number of halogens is 3. The first-order valence-electron chi connectivity index (χ1n) is 13.3. The molecule has 3 rings (SSSR count). The molecule has 1 heterocycles. The van der Waals surface area contributed by atoms with E-state index in [4.69, 9.17) is 14.9 Å². The average Bonchev–Trinajstić information content (AvgIpc) is 3.45. The molecule has 47 heavy (non-hydrogen) atoms. The van der Waals surface area contributed by atoms with Crippen molar-refractivity contribution in [2.75, 3.05) is 13.1 Å². The highest BCUT2D eigenvalue weighted by atomic mass is 19.4. The Balaban J connectivity index is 1.67. The molecule has 0 spiro atoms. The van der Waals surface area contributed by atoms with Crippen molar-refractivity contribution in [3.05, 3.63) is 79.9 Å². The van der Waals surface area contributed by atoms with Crippen molar-refractivity contribution in [2.45, 2.75) is 44.8 Å². The van der Waals surface area contributed by atoms with Gasteiger partial charge in [0.15, 0.2) is 0 Å². The lowest BCUT2D eigenvalue weighted by Crippen LogP contribution is -2.56. The lowest BCUT2D eigenvalue weighted by molar-refractivity contribution is -0.385. The molecule has 18 nitrogen and oxygen atoms in total. The minimum absolute atomic E-state index is 0.0544. The molecule has 3 amide bonds. The molecule has 2 aromatic carbocycles. The normalized spacial score (nSPS) is 15.1. The number of carbonyl (C=O) groups excluding carboxylic acids is 4. The van der Waals surface area contributed by atoms with Gasteiger partial charge in [0.1, 0.15) is 19.3 Å². The van der Waals surface area contributed by atoms with E-state index in [0.29, 0.717) is 21.1 Å². The number of nitrogens with one attached hydrogen (secondary N) is 3. The Morgan fingerprint density at radius 2 is 1.49 bits per heavy atom. The zero-order valence-corrected chi connectivity index (χ0v) is 24.2. The van der Waals surface area contributed by atoms with Gasteiger partial charge >= 0.3 is 24.3 Å². The van der Waals surface area contributed by atoms with Crippen LogP contribution in [0.4, 0.5) is 34.1 Å². The monoisotopic (exact) mass is 669 g/mol. The summed E-state index contributed by atoms with van der Waals surface area (Å²) in [4.78, 5) is 74.8. The molecule has 0 unspecified atom stereocenters. The van der Waals surface area contributed by atoms with Crippen molar-refractivity contribution in [3.8, 4) is 0 Å². The Kier molecular flexibility index (Phi) is 11.7. The molecule has 1 saturated heterocycles. The maximum Gasteiger partial charge on any atom is 0.492 e. The fraction of sp³-hybridized carbons (Fsp3) is 0.346. The van der Waals surface area contributed by atoms with Crippen molar-refractivity contribution in [3.63, 3.8) is 0 Å². The third-order valence-corrected chi connectivity index (χ3v) is 6.39. The molecule has 0 aliphatic carbocycles. The second kappa shape index (κ2) is 15.4. The summed E-state index contributed by atoms with van der Waals surface area (Å²) in [5, 5.41) is 35.1. The molecule has 0 saturated carbocycles. The number of rotatable bonds is 10. The smallest absolute Gasteiger partial charge is 0.444 e. The molecule has 3 N–H and O–H groups in total. The van der Waals surface area contributed by atoms with Gasteiger partial charge in [-0.3, -0.25) is 35.7 Å². The Morgan fingerprint density at radius 3 is 1.98 bits per heavy atom. The number of benzene rings is 2. The van der Waals surface area contributed by atoms with Gasteiger partial charge in [-0.1, -0.05) is 0 Å². The average molecular weight is 670 g/mol. The van der Waals surface area contributed by atoms with Crippen LogP contribution in [-0.2, 0) is 37.1 Å². The van der Waals surface area contributed by atoms with E-state index in [1.165, 1.54) is 36.4 Å². The summed E-state index contributed by atoms with van der Waals surface area (Å²) in [6, 6.07) is 7.46. The first kappa shape index (κ1) is 35.6. The molecule has 1 aliphatic rings. The third kappa shape index (κ3) is 10.3. The van der Waals surface area contributed by atoms with Crippen molar-refractivity contribution in [1.29, 1.82) is 5.41 Å². The summed E-state index contributed by atoms with van der Waals surface area (Å²) in [7, 11) is 0. The van der Waals surface area contributed by atoms with Crippen LogP contribution in [0.15, 0.2) is 48.5 Å². The molecule has 21 heteroatoms. The van der Waals surface area contributed by atoms with Crippen molar-refractivity contribution in [2.24, 2.45) is 0 Å². The number of hydrogen-bond acceptors (Lipinski definition) is 13. The van der Waals surface area contributed by atoms with Crippen LogP contribution in [0.25, 0.3) is 0 Å². The van der Waals surface area contributed by atoms with Crippen LogP contribution in [0.2, 0.25) is 0 Å². The molecule has 1 fully saturated rings. The van der Waals surface area contributed by atoms with Gasteiger partial charge in [0.05, 0.1) is 16.4 Å².